The van der Waals surface area contributed by atoms with Crippen LogP contribution in [0.15, 0.2) is 84.4 Å². The van der Waals surface area contributed by atoms with Crippen LogP contribution in [0.2, 0.25) is 0 Å². The first-order chi connectivity index (χ1) is 29.0. The van der Waals surface area contributed by atoms with Gasteiger partial charge in [-0.3, -0.25) is 19.2 Å². The molecule has 0 aliphatic carbocycles. The SMILES string of the molecule is C=CC=O.CNc1ccc(C#N)cc1N1CCC(C(=O)N2CCC(O)(CN(C)C=Nc3cc(NC(=O)CCN4CCN(C)CC4)ccc3C=O)CC2)C(c2ccccc2)C1. The molecule has 3 N–H and O–H groups in total. The number of nitriles is 1. The van der Waals surface area contributed by atoms with E-state index in [1.54, 1.807) is 29.4 Å². The highest BCUT2D eigenvalue weighted by atomic mass is 16.3. The maximum Gasteiger partial charge on any atom is 0.226 e. The zero-order valence-electron chi connectivity index (χ0n) is 35.1. The van der Waals surface area contributed by atoms with Gasteiger partial charge in [0.1, 0.15) is 6.29 Å². The first kappa shape index (κ1) is 45.2. The van der Waals surface area contributed by atoms with E-state index in [-0.39, 0.29) is 23.7 Å². The molecule has 2 atom stereocenters. The lowest BCUT2D eigenvalue weighted by molar-refractivity contribution is -0.141. The molecule has 3 fully saturated rings. The van der Waals surface area contributed by atoms with Crippen molar-refractivity contribution in [3.63, 3.8) is 0 Å². The molecule has 6 rings (SSSR count). The van der Waals surface area contributed by atoms with E-state index in [4.69, 9.17) is 4.79 Å². The molecule has 0 bridgehead atoms. The van der Waals surface area contributed by atoms with Crippen LogP contribution in [0.3, 0.4) is 0 Å². The number of aliphatic imine (C=N–C) groups is 1. The molecule has 2 unspecified atom stereocenters. The standard InChI is InChI=1S/C43H55N9O4.C3H4O/c1-45-38-12-9-32(27-44)25-40(38)52-18-13-36(37(28-52)33-7-5-4-6-8-33)42(55)51-19-15-43(56,16-20-51)30-49(3)31-46-39-26-35(11-10-34(39)29-53)47-41(54)14-17-50-23-21-48(2)22-24-50;1-2-3-4/h4-12,25-26,29,31,36-37,45,56H,13-24,28,30H2,1-3H3,(H,47,54);2-3H,1H2. The smallest absolute Gasteiger partial charge is 0.226 e. The van der Waals surface area contributed by atoms with Crippen molar-refractivity contribution in [3.05, 3.63) is 96.1 Å². The number of aliphatic hydroxyl groups is 1. The summed E-state index contributed by atoms with van der Waals surface area (Å²) in [6.45, 7) is 10.2. The number of allylic oxidation sites excluding steroid dienone is 1. The van der Waals surface area contributed by atoms with Gasteiger partial charge in [0.2, 0.25) is 11.8 Å². The highest BCUT2D eigenvalue weighted by Crippen LogP contribution is 2.39. The van der Waals surface area contributed by atoms with E-state index in [9.17, 15) is 24.8 Å². The van der Waals surface area contributed by atoms with Gasteiger partial charge < -0.3 is 40.2 Å². The molecule has 60 heavy (non-hydrogen) atoms. The van der Waals surface area contributed by atoms with Gasteiger partial charge in [0.25, 0.3) is 0 Å². The van der Waals surface area contributed by atoms with Gasteiger partial charge >= 0.3 is 0 Å². The summed E-state index contributed by atoms with van der Waals surface area (Å²) in [4.78, 5) is 63.0. The van der Waals surface area contributed by atoms with Crippen LogP contribution in [-0.4, -0.2) is 148 Å². The Kier molecular flexibility index (Phi) is 16.5. The third kappa shape index (κ3) is 12.3. The third-order valence-electron chi connectivity index (χ3n) is 11.6. The first-order valence-corrected chi connectivity index (χ1v) is 20.6. The number of amides is 2. The lowest BCUT2D eigenvalue weighted by atomic mass is 9.79. The number of aldehydes is 2. The Morgan fingerprint density at radius 1 is 1.02 bits per heavy atom. The molecule has 0 saturated carbocycles. The minimum atomic E-state index is -1.03. The Hall–Kier alpha value is -5.88. The molecule has 14 nitrogen and oxygen atoms in total. The maximum absolute atomic E-state index is 14.3. The Bertz CT molecular complexity index is 2000. The molecule has 318 valence electrons. The van der Waals surface area contributed by atoms with Crippen LogP contribution in [0.1, 0.15) is 53.1 Å². The topological polar surface area (TPSA) is 165 Å². The van der Waals surface area contributed by atoms with E-state index < -0.39 is 5.60 Å². The van der Waals surface area contributed by atoms with Crippen LogP contribution in [0.4, 0.5) is 22.7 Å². The molecule has 3 aromatic carbocycles. The van der Waals surface area contributed by atoms with Crippen molar-refractivity contribution < 1.29 is 24.3 Å². The van der Waals surface area contributed by atoms with Gasteiger partial charge in [0.05, 0.1) is 40.6 Å². The number of hydrogen-bond donors (Lipinski definition) is 3. The summed E-state index contributed by atoms with van der Waals surface area (Å²) in [5.41, 5.74) is 3.98. The number of nitrogens with zero attached hydrogens (tertiary/aromatic N) is 7. The predicted molar refractivity (Wildman–Crippen MR) is 237 cm³/mol. The average Bonchev–Trinajstić information content (AvgIpc) is 3.28. The van der Waals surface area contributed by atoms with Gasteiger partial charge in [0.15, 0.2) is 6.29 Å². The lowest BCUT2D eigenvalue weighted by Crippen LogP contribution is -2.54. The van der Waals surface area contributed by atoms with E-state index in [0.29, 0.717) is 93.7 Å². The first-order valence-electron chi connectivity index (χ1n) is 20.6. The number of rotatable bonds is 14. The van der Waals surface area contributed by atoms with E-state index >= 15 is 0 Å². The van der Waals surface area contributed by atoms with Crippen molar-refractivity contribution in [3.8, 4) is 6.07 Å². The van der Waals surface area contributed by atoms with Crippen molar-refractivity contribution in [2.75, 3.05) is 102 Å². The van der Waals surface area contributed by atoms with Crippen LogP contribution in [-0.2, 0) is 14.4 Å². The summed E-state index contributed by atoms with van der Waals surface area (Å²) >= 11 is 0. The van der Waals surface area contributed by atoms with Gasteiger partial charge in [-0.25, -0.2) is 4.99 Å². The second kappa shape index (κ2) is 21.9. The molecule has 3 saturated heterocycles. The Labute approximate surface area is 354 Å². The molecular formula is C46H59N9O5. The molecular weight excluding hydrogens is 759 g/mol. The fourth-order valence-electron chi connectivity index (χ4n) is 8.17. The molecule has 0 spiro atoms. The predicted octanol–water partition coefficient (Wildman–Crippen LogP) is 4.62. The Morgan fingerprint density at radius 2 is 1.73 bits per heavy atom. The number of likely N-dealkylation sites (N-methyl/N-ethyl adjacent to an activating group) is 2. The van der Waals surface area contributed by atoms with Crippen molar-refractivity contribution in [1.29, 1.82) is 5.26 Å². The van der Waals surface area contributed by atoms with Gasteiger partial charge in [-0.2, -0.15) is 5.26 Å². The maximum atomic E-state index is 14.3. The third-order valence-corrected chi connectivity index (χ3v) is 11.6. The molecule has 0 radical (unpaired) electrons. The monoisotopic (exact) mass is 817 g/mol. The molecule has 3 aliphatic heterocycles. The van der Waals surface area contributed by atoms with Crippen LogP contribution in [0, 0.1) is 17.2 Å². The zero-order chi connectivity index (χ0) is 43.1. The summed E-state index contributed by atoms with van der Waals surface area (Å²) < 4.78 is 0. The Balaban J connectivity index is 0.00000163. The van der Waals surface area contributed by atoms with E-state index in [1.807, 2.05) is 55.4 Å². The number of carbonyl (C=O) groups excluding carboxylic acids is 4. The number of nitrogens with one attached hydrogen (secondary N) is 2. The number of hydrogen-bond acceptors (Lipinski definition) is 11. The normalized spacial score (nSPS) is 19.3. The van der Waals surface area contributed by atoms with Crippen molar-refractivity contribution in [1.82, 2.24) is 19.6 Å². The fourth-order valence-corrected chi connectivity index (χ4v) is 8.17. The molecule has 2 amide bonds. The number of carbonyl (C=O) groups is 4. The van der Waals surface area contributed by atoms with Crippen LogP contribution < -0.4 is 15.5 Å². The van der Waals surface area contributed by atoms with Gasteiger partial charge in [-0.15, -0.1) is 0 Å². The molecule has 3 aliphatic rings. The second-order valence-electron chi connectivity index (χ2n) is 15.9. The second-order valence-corrected chi connectivity index (χ2v) is 15.9. The van der Waals surface area contributed by atoms with Crippen molar-refractivity contribution >= 4 is 53.5 Å². The van der Waals surface area contributed by atoms with Gasteiger partial charge in [-0.1, -0.05) is 36.9 Å². The zero-order valence-corrected chi connectivity index (χ0v) is 35.1. The van der Waals surface area contributed by atoms with Crippen LogP contribution >= 0.6 is 0 Å². The highest BCUT2D eigenvalue weighted by molar-refractivity contribution is 5.93. The minimum absolute atomic E-state index is 0.0405. The number of likely N-dealkylation sites (tertiary alicyclic amines) is 1. The van der Waals surface area contributed by atoms with Gasteiger partial charge in [-0.05, 0) is 74.3 Å². The summed E-state index contributed by atoms with van der Waals surface area (Å²) in [7, 11) is 5.81. The lowest BCUT2D eigenvalue weighted by Gasteiger charge is -2.44. The summed E-state index contributed by atoms with van der Waals surface area (Å²) in [5, 5.41) is 27.4. The van der Waals surface area contributed by atoms with E-state index in [0.717, 1.165) is 49.4 Å². The quantitative estimate of drug-likeness (QED) is 0.0901. The summed E-state index contributed by atoms with van der Waals surface area (Å²) in [6.07, 6.45) is 6.07. The van der Waals surface area contributed by atoms with E-state index in [1.165, 1.54) is 6.08 Å². The minimum Gasteiger partial charge on any atom is -0.388 e. The number of anilines is 3. The van der Waals surface area contributed by atoms with Crippen molar-refractivity contribution in [2.24, 2.45) is 10.9 Å². The number of piperidine rings is 2. The molecule has 3 heterocycles. The fraction of sp³-hybridized carbons (Fsp3) is 0.435. The van der Waals surface area contributed by atoms with Crippen molar-refractivity contribution in [2.45, 2.75) is 37.2 Å². The number of benzene rings is 3. The van der Waals surface area contributed by atoms with Gasteiger partial charge in [0, 0.05) is 109 Å². The Morgan fingerprint density at radius 3 is 2.38 bits per heavy atom. The largest absolute Gasteiger partial charge is 0.388 e. The molecule has 3 aromatic rings. The average molecular weight is 818 g/mol. The van der Waals surface area contributed by atoms with E-state index in [2.05, 4.69) is 62.2 Å². The molecule has 14 heteroatoms. The summed E-state index contributed by atoms with van der Waals surface area (Å²) in [6, 6.07) is 23.1. The van der Waals surface area contributed by atoms with Crippen LogP contribution in [0.5, 0.6) is 0 Å². The highest BCUT2D eigenvalue weighted by Gasteiger charge is 2.41. The summed E-state index contributed by atoms with van der Waals surface area (Å²) in [5.74, 6) is -0.228. The molecule has 0 aromatic heterocycles. The number of piperazine rings is 1. The van der Waals surface area contributed by atoms with Crippen LogP contribution in [0.25, 0.3) is 0 Å².